The molecule has 7 nitrogen and oxygen atoms in total. The van der Waals surface area contributed by atoms with Crippen molar-refractivity contribution in [3.8, 4) is 5.75 Å². The largest absolute Gasteiger partial charge is 0.508 e. The fourth-order valence-corrected chi connectivity index (χ4v) is 3.99. The molecular formula is C20H26N4O3. The van der Waals surface area contributed by atoms with Crippen LogP contribution in [0.4, 0.5) is 5.82 Å². The van der Waals surface area contributed by atoms with Gasteiger partial charge in [0.25, 0.3) is 0 Å². The van der Waals surface area contributed by atoms with Gasteiger partial charge >= 0.3 is 5.69 Å². The van der Waals surface area contributed by atoms with Crippen molar-refractivity contribution in [2.24, 2.45) is 5.92 Å². The zero-order valence-corrected chi connectivity index (χ0v) is 15.8. The molecule has 4 rings (SSSR count). The van der Waals surface area contributed by atoms with Gasteiger partial charge in [-0.2, -0.15) is 4.98 Å². The van der Waals surface area contributed by atoms with Gasteiger partial charge in [-0.1, -0.05) is 26.0 Å². The number of phenolic OH excluding ortho intramolecular Hbond substituents is 1. The van der Waals surface area contributed by atoms with Crippen molar-refractivity contribution in [1.29, 1.82) is 0 Å². The second-order valence-corrected chi connectivity index (χ2v) is 7.51. The quantitative estimate of drug-likeness (QED) is 0.861. The van der Waals surface area contributed by atoms with Crippen molar-refractivity contribution < 1.29 is 9.84 Å². The van der Waals surface area contributed by atoms with E-state index < -0.39 is 0 Å². The van der Waals surface area contributed by atoms with Gasteiger partial charge in [0.05, 0.1) is 6.10 Å². The summed E-state index contributed by atoms with van der Waals surface area (Å²) in [4.78, 5) is 16.8. The lowest BCUT2D eigenvalue weighted by Crippen LogP contribution is -2.39. The Morgan fingerprint density at radius 3 is 3.00 bits per heavy atom. The molecule has 7 heteroatoms. The zero-order valence-electron chi connectivity index (χ0n) is 15.8. The van der Waals surface area contributed by atoms with E-state index in [-0.39, 0.29) is 23.8 Å². The van der Waals surface area contributed by atoms with Gasteiger partial charge in [0.15, 0.2) is 5.82 Å². The van der Waals surface area contributed by atoms with Gasteiger partial charge in [-0.25, -0.2) is 9.80 Å². The summed E-state index contributed by atoms with van der Waals surface area (Å²) in [5.74, 6) is 1.31. The first-order valence-electron chi connectivity index (χ1n) is 9.60. The molecule has 2 aliphatic rings. The van der Waals surface area contributed by atoms with Crippen LogP contribution in [0, 0.1) is 5.92 Å². The number of aromatic nitrogens is 2. The summed E-state index contributed by atoms with van der Waals surface area (Å²) >= 11 is 0. The maximum absolute atomic E-state index is 12.6. The summed E-state index contributed by atoms with van der Waals surface area (Å²) in [6.07, 6.45) is 4.48. The molecule has 0 spiro atoms. The predicted molar refractivity (Wildman–Crippen MR) is 102 cm³/mol. The normalized spacial score (nSPS) is 25.2. The van der Waals surface area contributed by atoms with E-state index in [9.17, 15) is 9.90 Å². The molecule has 27 heavy (non-hydrogen) atoms. The minimum Gasteiger partial charge on any atom is -0.508 e. The molecule has 1 fully saturated rings. The monoisotopic (exact) mass is 370 g/mol. The predicted octanol–water partition coefficient (Wildman–Crippen LogP) is 2.67. The lowest BCUT2D eigenvalue weighted by atomic mass is 10.0. The van der Waals surface area contributed by atoms with Crippen LogP contribution in [0.5, 0.6) is 5.75 Å². The van der Waals surface area contributed by atoms with Gasteiger partial charge in [-0.15, -0.1) is 0 Å². The minimum absolute atomic E-state index is 0.203. The van der Waals surface area contributed by atoms with E-state index in [2.05, 4.69) is 24.3 Å². The van der Waals surface area contributed by atoms with Crippen LogP contribution in [-0.4, -0.2) is 32.3 Å². The van der Waals surface area contributed by atoms with E-state index in [0.717, 1.165) is 36.9 Å². The molecular weight excluding hydrogens is 344 g/mol. The summed E-state index contributed by atoms with van der Waals surface area (Å²) in [5.41, 5.74) is 4.98. The number of anilines is 1. The average Bonchev–Trinajstić information content (AvgIpc) is 3.01. The van der Waals surface area contributed by atoms with Crippen LogP contribution in [0.2, 0.25) is 0 Å². The van der Waals surface area contributed by atoms with Crippen molar-refractivity contribution in [3.63, 3.8) is 0 Å². The molecule has 2 aliphatic heterocycles. The van der Waals surface area contributed by atoms with Gasteiger partial charge in [0.2, 0.25) is 0 Å². The number of fused-ring (bicyclic) bond motifs is 1. The second kappa shape index (κ2) is 7.32. The topological polar surface area (TPSA) is 79.6 Å². The van der Waals surface area contributed by atoms with Crippen LogP contribution >= 0.6 is 0 Å². The molecule has 0 bridgehead atoms. The third kappa shape index (κ3) is 3.70. The molecule has 0 radical (unpaired) electrons. The number of nitrogens with zero attached hydrogens (tertiary/aromatic N) is 3. The lowest BCUT2D eigenvalue weighted by Gasteiger charge is -2.30. The third-order valence-electron chi connectivity index (χ3n) is 5.48. The molecule has 0 saturated carbocycles. The number of hydrazine groups is 1. The minimum atomic E-state index is -0.283. The SMILES string of the molecule is CCC1OC(n2cc3c(nc2=O)NN(Cc2cccc(O)c2)CC3)CC1C. The molecule has 0 amide bonds. The first-order chi connectivity index (χ1) is 13.0. The van der Waals surface area contributed by atoms with Gasteiger partial charge in [0.1, 0.15) is 12.0 Å². The van der Waals surface area contributed by atoms with E-state index in [1.807, 2.05) is 23.3 Å². The summed E-state index contributed by atoms with van der Waals surface area (Å²) in [5, 5.41) is 11.6. The summed E-state index contributed by atoms with van der Waals surface area (Å²) in [6, 6.07) is 7.18. The van der Waals surface area contributed by atoms with Crippen LogP contribution in [-0.2, 0) is 17.7 Å². The standard InChI is InChI=1S/C20H26N4O3/c1-3-17-13(2)9-18(27-17)24-12-15-7-8-23(22-19(15)21-20(24)26)11-14-5-4-6-16(25)10-14/h4-6,10,12-13,17-18,25H,3,7-9,11H2,1-2H3,(H,21,22,26). The van der Waals surface area contributed by atoms with Crippen LogP contribution in [0.1, 0.15) is 44.0 Å². The molecule has 3 atom stereocenters. The number of rotatable bonds is 4. The highest BCUT2D eigenvalue weighted by atomic mass is 16.5. The van der Waals surface area contributed by atoms with Crippen molar-refractivity contribution >= 4 is 5.82 Å². The van der Waals surface area contributed by atoms with Crippen LogP contribution < -0.4 is 11.1 Å². The third-order valence-corrected chi connectivity index (χ3v) is 5.48. The Bertz CT molecular complexity index is 882. The van der Waals surface area contributed by atoms with Gasteiger partial charge in [-0.3, -0.25) is 4.57 Å². The van der Waals surface area contributed by atoms with E-state index >= 15 is 0 Å². The average molecular weight is 370 g/mol. The number of nitrogens with one attached hydrogen (secondary N) is 1. The van der Waals surface area contributed by atoms with Crippen LogP contribution in [0.25, 0.3) is 0 Å². The molecule has 1 saturated heterocycles. The lowest BCUT2D eigenvalue weighted by molar-refractivity contribution is -0.00767. The highest BCUT2D eigenvalue weighted by molar-refractivity contribution is 5.44. The van der Waals surface area contributed by atoms with E-state index in [0.29, 0.717) is 18.3 Å². The fourth-order valence-electron chi connectivity index (χ4n) is 3.99. The highest BCUT2D eigenvalue weighted by Crippen LogP contribution is 2.34. The smallest absolute Gasteiger partial charge is 0.351 e. The number of aromatic hydroxyl groups is 1. The Morgan fingerprint density at radius 1 is 1.41 bits per heavy atom. The molecule has 2 N–H and O–H groups in total. The van der Waals surface area contributed by atoms with E-state index in [4.69, 9.17) is 4.74 Å². The zero-order chi connectivity index (χ0) is 19.0. The van der Waals surface area contributed by atoms with Gasteiger partial charge in [0, 0.05) is 24.8 Å². The summed E-state index contributed by atoms with van der Waals surface area (Å²) in [7, 11) is 0. The number of ether oxygens (including phenoxy) is 1. The Hall–Kier alpha value is -2.38. The number of hydrogen-bond donors (Lipinski definition) is 2. The molecule has 0 aliphatic carbocycles. The molecule has 144 valence electrons. The molecule has 1 aromatic heterocycles. The molecule has 2 aromatic rings. The Morgan fingerprint density at radius 2 is 2.26 bits per heavy atom. The van der Waals surface area contributed by atoms with Gasteiger partial charge < -0.3 is 15.3 Å². The first-order valence-corrected chi connectivity index (χ1v) is 9.60. The number of benzene rings is 1. The molecule has 1 aromatic carbocycles. The van der Waals surface area contributed by atoms with E-state index in [1.54, 1.807) is 16.7 Å². The highest BCUT2D eigenvalue weighted by Gasteiger charge is 2.33. The van der Waals surface area contributed by atoms with Crippen LogP contribution in [0.15, 0.2) is 35.3 Å². The van der Waals surface area contributed by atoms with Crippen molar-refractivity contribution in [2.45, 2.75) is 52.0 Å². The maximum Gasteiger partial charge on any atom is 0.351 e. The van der Waals surface area contributed by atoms with Crippen molar-refractivity contribution in [2.75, 3.05) is 12.0 Å². The summed E-state index contributed by atoms with van der Waals surface area (Å²) < 4.78 is 7.71. The summed E-state index contributed by atoms with van der Waals surface area (Å²) in [6.45, 7) is 5.70. The Balaban J connectivity index is 1.51. The molecule has 3 heterocycles. The van der Waals surface area contributed by atoms with Gasteiger partial charge in [-0.05, 0) is 42.9 Å². The Kier molecular flexibility index (Phi) is 4.88. The number of hydrogen-bond acceptors (Lipinski definition) is 6. The fraction of sp³-hybridized carbons (Fsp3) is 0.500. The maximum atomic E-state index is 12.6. The van der Waals surface area contributed by atoms with Crippen molar-refractivity contribution in [1.82, 2.24) is 14.6 Å². The molecule has 3 unspecified atom stereocenters. The Labute approximate surface area is 158 Å². The van der Waals surface area contributed by atoms with E-state index in [1.165, 1.54) is 0 Å². The first kappa shape index (κ1) is 18.0. The van der Waals surface area contributed by atoms with Crippen LogP contribution in [0.3, 0.4) is 0 Å². The van der Waals surface area contributed by atoms with Crippen molar-refractivity contribution in [3.05, 3.63) is 52.1 Å². The second-order valence-electron chi connectivity index (χ2n) is 7.51. The number of phenols is 1.